The maximum absolute atomic E-state index is 12.7. The van der Waals surface area contributed by atoms with Crippen molar-refractivity contribution < 1.29 is 28.8 Å². The van der Waals surface area contributed by atoms with Crippen molar-refractivity contribution in [2.45, 2.75) is 75.2 Å². The molecule has 4 atom stereocenters. The Labute approximate surface area is 259 Å². The Morgan fingerprint density at radius 2 is 1.84 bits per heavy atom. The Morgan fingerprint density at radius 1 is 1.09 bits per heavy atom. The molecule has 0 radical (unpaired) electrons. The molecule has 2 fully saturated rings. The van der Waals surface area contributed by atoms with Gasteiger partial charge in [-0.15, -0.1) is 5.10 Å². The monoisotopic (exact) mass is 626 g/mol. The SMILES string of the molecule is CC(C(=O)Nc1cccc(C(=O)C=O)c1)n1cc(CCCC(=O)NCCNC(=O)CCCCC2SCC3NC(=O)NC32)nn1. The topological polar surface area (TPSA) is 193 Å². The highest BCUT2D eigenvalue weighted by Crippen LogP contribution is 2.33. The van der Waals surface area contributed by atoms with E-state index in [-0.39, 0.29) is 54.1 Å². The lowest BCUT2D eigenvalue weighted by atomic mass is 10.0. The Morgan fingerprint density at radius 3 is 2.59 bits per heavy atom. The summed E-state index contributed by atoms with van der Waals surface area (Å²) in [6.45, 7) is 2.35. The standard InChI is InChI=1S/C29H38N8O6S/c1-18(28(42)32-20-7-4-6-19(14-20)23(39)16-38)37-15-21(35-36-37)8-5-11-26(41)31-13-12-30-25(40)10-3-2-9-24-27-22(17-44-24)33-29(43)34-27/h4,6-7,14-16,18,22,24,27H,2-3,5,8-13,17H2,1H3,(H,30,40)(H,31,41)(H,32,42)(H2,33,34,43). The fourth-order valence-electron chi connectivity index (χ4n) is 5.09. The minimum absolute atomic E-state index is 0.0421. The first kappa shape index (κ1) is 32.6. The number of fused-ring (bicyclic) bond motifs is 1. The average molecular weight is 627 g/mol. The van der Waals surface area contributed by atoms with Crippen LogP contribution in [0.2, 0.25) is 0 Å². The molecule has 0 bridgehead atoms. The summed E-state index contributed by atoms with van der Waals surface area (Å²) in [7, 11) is 0. The number of nitrogens with one attached hydrogen (secondary N) is 5. The Bertz CT molecular complexity index is 1370. The molecule has 1 aromatic carbocycles. The van der Waals surface area contributed by atoms with Crippen LogP contribution in [-0.2, 0) is 25.6 Å². The Hall–Kier alpha value is -4.27. The number of carbonyl (C=O) groups is 6. The predicted molar refractivity (Wildman–Crippen MR) is 163 cm³/mol. The van der Waals surface area contributed by atoms with Crippen LogP contribution < -0.4 is 26.6 Å². The van der Waals surface area contributed by atoms with Gasteiger partial charge >= 0.3 is 6.03 Å². The third kappa shape index (κ3) is 9.36. The van der Waals surface area contributed by atoms with Crippen molar-refractivity contribution in [3.63, 3.8) is 0 Å². The van der Waals surface area contributed by atoms with Crippen LogP contribution in [0.1, 0.15) is 67.5 Å². The normalized spacial score (nSPS) is 19.3. The summed E-state index contributed by atoms with van der Waals surface area (Å²) in [5.41, 5.74) is 1.20. The van der Waals surface area contributed by atoms with E-state index in [1.54, 1.807) is 25.3 Å². The molecule has 4 rings (SSSR count). The van der Waals surface area contributed by atoms with Crippen LogP contribution in [0.3, 0.4) is 0 Å². The average Bonchev–Trinajstić information content (AvgIpc) is 3.73. The van der Waals surface area contributed by atoms with Crippen molar-refractivity contribution in [1.82, 2.24) is 36.3 Å². The van der Waals surface area contributed by atoms with Crippen molar-refractivity contribution in [3.05, 3.63) is 41.7 Å². The number of thioether (sulfide) groups is 1. The van der Waals surface area contributed by atoms with Crippen molar-refractivity contribution in [2.75, 3.05) is 24.2 Å². The molecule has 4 unspecified atom stereocenters. The fraction of sp³-hybridized carbons (Fsp3) is 0.517. The quantitative estimate of drug-likeness (QED) is 0.0563. The van der Waals surface area contributed by atoms with E-state index in [9.17, 15) is 28.8 Å². The molecule has 44 heavy (non-hydrogen) atoms. The van der Waals surface area contributed by atoms with Gasteiger partial charge in [0.1, 0.15) is 6.04 Å². The van der Waals surface area contributed by atoms with Gasteiger partial charge in [0.25, 0.3) is 0 Å². The molecule has 2 aliphatic rings. The second kappa shape index (κ2) is 16.0. The van der Waals surface area contributed by atoms with Crippen LogP contribution in [0, 0.1) is 0 Å². The third-order valence-electron chi connectivity index (χ3n) is 7.54. The molecule has 2 aromatic rings. The molecule has 5 amide bonds. The number of aryl methyl sites for hydroxylation is 1. The number of benzene rings is 1. The van der Waals surface area contributed by atoms with Crippen LogP contribution in [0.5, 0.6) is 0 Å². The van der Waals surface area contributed by atoms with Crippen LogP contribution in [0.15, 0.2) is 30.5 Å². The molecule has 15 heteroatoms. The summed E-state index contributed by atoms with van der Waals surface area (Å²) in [5, 5.41) is 22.7. The van der Waals surface area contributed by atoms with E-state index in [1.807, 2.05) is 11.8 Å². The number of hydrogen-bond acceptors (Lipinski definition) is 9. The van der Waals surface area contributed by atoms with Crippen LogP contribution in [0.4, 0.5) is 10.5 Å². The van der Waals surface area contributed by atoms with Crippen molar-refractivity contribution in [3.8, 4) is 0 Å². The minimum Gasteiger partial charge on any atom is -0.354 e. The number of rotatable bonds is 17. The highest BCUT2D eigenvalue weighted by atomic mass is 32.2. The smallest absolute Gasteiger partial charge is 0.315 e. The van der Waals surface area contributed by atoms with Crippen molar-refractivity contribution in [1.29, 1.82) is 0 Å². The zero-order valence-electron chi connectivity index (χ0n) is 24.5. The Kier molecular flexibility index (Phi) is 11.9. The zero-order chi connectivity index (χ0) is 31.5. The van der Waals surface area contributed by atoms with Crippen molar-refractivity contribution >= 4 is 53.3 Å². The number of hydrogen-bond donors (Lipinski definition) is 5. The second-order valence-electron chi connectivity index (χ2n) is 10.8. The second-order valence-corrected chi connectivity index (χ2v) is 12.1. The van der Waals surface area contributed by atoms with E-state index in [1.165, 1.54) is 16.8 Å². The molecule has 3 heterocycles. The van der Waals surface area contributed by atoms with Gasteiger partial charge in [-0.05, 0) is 44.7 Å². The lowest BCUT2D eigenvalue weighted by Gasteiger charge is -2.16. The number of Topliss-reactive ketones (excluding diaryl/α,β-unsaturated/α-hetero) is 1. The summed E-state index contributed by atoms with van der Waals surface area (Å²) in [6, 6.07) is 5.72. The highest BCUT2D eigenvalue weighted by molar-refractivity contribution is 8.00. The first-order valence-electron chi connectivity index (χ1n) is 14.8. The number of carbonyl (C=O) groups excluding carboxylic acids is 6. The number of ketones is 1. The van der Waals surface area contributed by atoms with Gasteiger partial charge in [-0.1, -0.05) is 23.8 Å². The lowest BCUT2D eigenvalue weighted by molar-refractivity contribution is -0.123. The van der Waals surface area contributed by atoms with Gasteiger partial charge in [0.15, 0.2) is 6.29 Å². The first-order valence-corrected chi connectivity index (χ1v) is 15.8. The number of unbranched alkanes of at least 4 members (excludes halogenated alkanes) is 1. The van der Waals surface area contributed by atoms with Gasteiger partial charge in [-0.25, -0.2) is 9.48 Å². The summed E-state index contributed by atoms with van der Waals surface area (Å²) < 4.78 is 1.42. The van der Waals surface area contributed by atoms with E-state index in [0.717, 1.165) is 25.0 Å². The predicted octanol–water partition coefficient (Wildman–Crippen LogP) is 1.14. The minimum atomic E-state index is -0.687. The van der Waals surface area contributed by atoms with Gasteiger partial charge in [-0.2, -0.15) is 11.8 Å². The summed E-state index contributed by atoms with van der Waals surface area (Å²) in [6.07, 6.45) is 6.28. The Balaban J connectivity index is 1.04. The molecular weight excluding hydrogens is 588 g/mol. The molecule has 14 nitrogen and oxygen atoms in total. The van der Waals surface area contributed by atoms with E-state index in [4.69, 9.17) is 0 Å². The zero-order valence-corrected chi connectivity index (χ0v) is 25.4. The van der Waals surface area contributed by atoms with Crippen LogP contribution in [-0.4, -0.2) is 87.0 Å². The van der Waals surface area contributed by atoms with Crippen molar-refractivity contribution in [2.24, 2.45) is 0 Å². The van der Waals surface area contributed by atoms with Crippen LogP contribution in [0.25, 0.3) is 0 Å². The molecule has 0 spiro atoms. The molecule has 2 saturated heterocycles. The summed E-state index contributed by atoms with van der Waals surface area (Å²) >= 11 is 1.87. The highest BCUT2D eigenvalue weighted by Gasteiger charge is 2.42. The van der Waals surface area contributed by atoms with Crippen LogP contribution >= 0.6 is 11.8 Å². The summed E-state index contributed by atoms with van der Waals surface area (Å²) in [4.78, 5) is 70.7. The number of aromatic nitrogens is 3. The van der Waals surface area contributed by atoms with Gasteiger partial charge in [-0.3, -0.25) is 24.0 Å². The van der Waals surface area contributed by atoms with E-state index in [2.05, 4.69) is 36.9 Å². The fourth-order valence-corrected chi connectivity index (χ4v) is 6.63. The lowest BCUT2D eigenvalue weighted by Crippen LogP contribution is -2.36. The number of amides is 5. The first-order chi connectivity index (χ1) is 21.2. The maximum atomic E-state index is 12.7. The van der Waals surface area contributed by atoms with E-state index in [0.29, 0.717) is 49.0 Å². The molecule has 2 aliphatic heterocycles. The van der Waals surface area contributed by atoms with Gasteiger partial charge in [0.2, 0.25) is 23.5 Å². The number of anilines is 1. The molecular formula is C29H38N8O6S. The molecule has 236 valence electrons. The number of aldehydes is 1. The van der Waals surface area contributed by atoms with E-state index >= 15 is 0 Å². The summed E-state index contributed by atoms with van der Waals surface area (Å²) in [5.74, 6) is -0.292. The van der Waals surface area contributed by atoms with Gasteiger partial charge < -0.3 is 26.6 Å². The third-order valence-corrected chi connectivity index (χ3v) is 9.05. The van der Waals surface area contributed by atoms with Gasteiger partial charge in [0.05, 0.1) is 17.8 Å². The molecule has 0 aliphatic carbocycles. The number of urea groups is 1. The molecule has 1 aromatic heterocycles. The van der Waals surface area contributed by atoms with Gasteiger partial charge in [0, 0.05) is 54.4 Å². The largest absolute Gasteiger partial charge is 0.354 e. The number of nitrogens with zero attached hydrogens (tertiary/aromatic N) is 3. The molecule has 5 N–H and O–H groups in total. The maximum Gasteiger partial charge on any atom is 0.315 e. The van der Waals surface area contributed by atoms with E-state index < -0.39 is 11.8 Å². The molecule has 0 saturated carbocycles.